The number of H-pyrrole nitrogens is 1. The fourth-order valence-electron chi connectivity index (χ4n) is 1.80. The Balaban J connectivity index is 2.21. The van der Waals surface area contributed by atoms with Gasteiger partial charge >= 0.3 is 0 Å². The van der Waals surface area contributed by atoms with Crippen LogP contribution in [0.2, 0.25) is 0 Å². The van der Waals surface area contributed by atoms with Gasteiger partial charge < -0.3 is 14.8 Å². The van der Waals surface area contributed by atoms with E-state index >= 15 is 0 Å². The fourth-order valence-corrected chi connectivity index (χ4v) is 1.80. The van der Waals surface area contributed by atoms with Crippen molar-refractivity contribution in [1.29, 1.82) is 0 Å². The first-order valence-corrected chi connectivity index (χ1v) is 5.97. The maximum atomic E-state index is 11.1. The quantitative estimate of drug-likeness (QED) is 0.883. The summed E-state index contributed by atoms with van der Waals surface area (Å²) in [6.07, 6.45) is 3.36. The van der Waals surface area contributed by atoms with Gasteiger partial charge in [0.15, 0.2) is 0 Å². The van der Waals surface area contributed by atoms with Crippen LogP contribution < -0.4 is 9.80 Å². The molecule has 0 aliphatic heterocycles. The molecule has 2 heterocycles. The Morgan fingerprint density at radius 1 is 1.32 bits per heavy atom. The SMILES string of the molecule is CC(=O)CN(C)c1cc(N(C)c2ccc[nH]2)ncn1. The van der Waals surface area contributed by atoms with Gasteiger partial charge in [-0.15, -0.1) is 0 Å². The zero-order valence-electron chi connectivity index (χ0n) is 11.3. The second-order valence-electron chi connectivity index (χ2n) is 4.41. The first kappa shape index (κ1) is 13.1. The third-order valence-electron chi connectivity index (χ3n) is 2.78. The molecule has 0 aliphatic carbocycles. The highest BCUT2D eigenvalue weighted by Gasteiger charge is 2.10. The predicted octanol–water partition coefficient (Wildman–Crippen LogP) is 1.60. The van der Waals surface area contributed by atoms with Crippen molar-refractivity contribution in [2.45, 2.75) is 6.92 Å². The lowest BCUT2D eigenvalue weighted by molar-refractivity contribution is -0.115. The second-order valence-corrected chi connectivity index (χ2v) is 4.41. The highest BCUT2D eigenvalue weighted by atomic mass is 16.1. The zero-order chi connectivity index (χ0) is 13.8. The van der Waals surface area contributed by atoms with E-state index in [4.69, 9.17) is 0 Å². The molecule has 0 bridgehead atoms. The minimum atomic E-state index is 0.0976. The number of carbonyl (C=O) groups is 1. The molecule has 6 nitrogen and oxygen atoms in total. The summed E-state index contributed by atoms with van der Waals surface area (Å²) >= 11 is 0. The van der Waals surface area contributed by atoms with Crippen molar-refractivity contribution in [3.05, 3.63) is 30.7 Å². The Bertz CT molecular complexity index is 552. The third-order valence-corrected chi connectivity index (χ3v) is 2.78. The van der Waals surface area contributed by atoms with Gasteiger partial charge in [0, 0.05) is 26.4 Å². The molecular formula is C13H17N5O. The van der Waals surface area contributed by atoms with E-state index < -0.39 is 0 Å². The lowest BCUT2D eigenvalue weighted by Crippen LogP contribution is -2.25. The highest BCUT2D eigenvalue weighted by Crippen LogP contribution is 2.21. The standard InChI is InChI=1S/C13H17N5O/c1-10(19)8-17(2)12-7-13(16-9-15-12)18(3)11-5-4-6-14-11/h4-7,9,14H,8H2,1-3H3. The van der Waals surface area contributed by atoms with Crippen molar-refractivity contribution in [3.63, 3.8) is 0 Å². The number of hydrogen-bond acceptors (Lipinski definition) is 5. The van der Waals surface area contributed by atoms with Crippen molar-refractivity contribution in [2.75, 3.05) is 30.4 Å². The summed E-state index contributed by atoms with van der Waals surface area (Å²) in [5, 5.41) is 0. The lowest BCUT2D eigenvalue weighted by Gasteiger charge is -2.20. The van der Waals surface area contributed by atoms with E-state index in [1.54, 1.807) is 11.8 Å². The molecule has 0 unspecified atom stereocenters. The number of hydrogen-bond donors (Lipinski definition) is 1. The van der Waals surface area contributed by atoms with Gasteiger partial charge in [0.1, 0.15) is 29.6 Å². The summed E-state index contributed by atoms with van der Waals surface area (Å²) in [4.78, 5) is 26.4. The molecule has 19 heavy (non-hydrogen) atoms. The molecule has 2 rings (SSSR count). The number of likely N-dealkylation sites (N-methyl/N-ethyl adjacent to an activating group) is 1. The molecule has 100 valence electrons. The maximum absolute atomic E-state index is 11.1. The Morgan fingerprint density at radius 3 is 2.68 bits per heavy atom. The molecule has 1 N–H and O–H groups in total. The summed E-state index contributed by atoms with van der Waals surface area (Å²) in [6, 6.07) is 5.74. The zero-order valence-corrected chi connectivity index (χ0v) is 11.3. The van der Waals surface area contributed by atoms with Crippen LogP contribution >= 0.6 is 0 Å². The maximum Gasteiger partial charge on any atom is 0.149 e. The Morgan fingerprint density at radius 2 is 2.05 bits per heavy atom. The summed E-state index contributed by atoms with van der Waals surface area (Å²) < 4.78 is 0. The first-order chi connectivity index (χ1) is 9.08. The first-order valence-electron chi connectivity index (χ1n) is 5.97. The minimum Gasteiger partial charge on any atom is -0.352 e. The fraction of sp³-hybridized carbons (Fsp3) is 0.308. The van der Waals surface area contributed by atoms with E-state index in [-0.39, 0.29) is 5.78 Å². The number of nitrogens with zero attached hydrogens (tertiary/aromatic N) is 4. The van der Waals surface area contributed by atoms with Crippen LogP contribution in [0.5, 0.6) is 0 Å². The Hall–Kier alpha value is -2.37. The largest absolute Gasteiger partial charge is 0.352 e. The molecule has 0 radical (unpaired) electrons. The van der Waals surface area contributed by atoms with Crippen molar-refractivity contribution in [3.8, 4) is 0 Å². The van der Waals surface area contributed by atoms with Crippen molar-refractivity contribution in [2.24, 2.45) is 0 Å². The predicted molar refractivity (Wildman–Crippen MR) is 74.8 cm³/mol. The Labute approximate surface area is 112 Å². The number of rotatable bonds is 5. The van der Waals surface area contributed by atoms with Gasteiger partial charge in [-0.1, -0.05) is 0 Å². The van der Waals surface area contributed by atoms with E-state index in [2.05, 4.69) is 15.0 Å². The second kappa shape index (κ2) is 5.51. The summed E-state index contributed by atoms with van der Waals surface area (Å²) in [5.74, 6) is 2.53. The molecule has 6 heteroatoms. The minimum absolute atomic E-state index is 0.0976. The molecular weight excluding hydrogens is 242 g/mol. The van der Waals surface area contributed by atoms with Gasteiger partial charge in [-0.3, -0.25) is 4.79 Å². The van der Waals surface area contributed by atoms with Gasteiger partial charge in [-0.05, 0) is 19.1 Å². The molecule has 0 amide bonds. The number of aromatic amines is 1. The topological polar surface area (TPSA) is 65.1 Å². The van der Waals surface area contributed by atoms with Crippen LogP contribution in [-0.2, 0) is 4.79 Å². The average molecular weight is 259 g/mol. The van der Waals surface area contributed by atoms with Gasteiger partial charge in [0.2, 0.25) is 0 Å². The summed E-state index contributed by atoms with van der Waals surface area (Å²) in [6.45, 7) is 1.90. The number of aromatic nitrogens is 3. The molecule has 0 atom stereocenters. The number of nitrogens with one attached hydrogen (secondary N) is 1. The number of ketones is 1. The molecule has 0 fully saturated rings. The average Bonchev–Trinajstić information content (AvgIpc) is 2.91. The van der Waals surface area contributed by atoms with Crippen LogP contribution in [0.4, 0.5) is 17.5 Å². The number of Topliss-reactive ketones (excluding diaryl/α,β-unsaturated/α-hetero) is 1. The molecule has 0 aliphatic rings. The van der Waals surface area contributed by atoms with Crippen LogP contribution in [-0.4, -0.2) is 41.4 Å². The van der Waals surface area contributed by atoms with E-state index in [0.717, 1.165) is 17.5 Å². The van der Waals surface area contributed by atoms with E-state index in [1.165, 1.54) is 6.33 Å². The third kappa shape index (κ3) is 3.09. The van der Waals surface area contributed by atoms with E-state index in [9.17, 15) is 4.79 Å². The van der Waals surface area contributed by atoms with Crippen molar-refractivity contribution in [1.82, 2.24) is 15.0 Å². The number of anilines is 3. The van der Waals surface area contributed by atoms with Crippen LogP contribution in [0.25, 0.3) is 0 Å². The van der Waals surface area contributed by atoms with E-state index in [0.29, 0.717) is 6.54 Å². The molecule has 0 spiro atoms. The van der Waals surface area contributed by atoms with Crippen LogP contribution in [0, 0.1) is 0 Å². The lowest BCUT2D eigenvalue weighted by atomic mass is 10.4. The molecule has 0 saturated heterocycles. The molecule has 0 saturated carbocycles. The monoisotopic (exact) mass is 259 g/mol. The van der Waals surface area contributed by atoms with Crippen LogP contribution in [0.3, 0.4) is 0 Å². The van der Waals surface area contributed by atoms with E-state index in [1.807, 2.05) is 43.4 Å². The van der Waals surface area contributed by atoms with Crippen LogP contribution in [0.1, 0.15) is 6.92 Å². The Kier molecular flexibility index (Phi) is 3.79. The normalized spacial score (nSPS) is 10.3. The molecule has 2 aromatic heterocycles. The molecule has 2 aromatic rings. The van der Waals surface area contributed by atoms with Gasteiger partial charge in [0.25, 0.3) is 0 Å². The number of carbonyl (C=O) groups excluding carboxylic acids is 1. The van der Waals surface area contributed by atoms with Crippen molar-refractivity contribution >= 4 is 23.2 Å². The smallest absolute Gasteiger partial charge is 0.149 e. The van der Waals surface area contributed by atoms with Gasteiger partial charge in [-0.2, -0.15) is 0 Å². The summed E-state index contributed by atoms with van der Waals surface area (Å²) in [7, 11) is 3.76. The highest BCUT2D eigenvalue weighted by molar-refractivity contribution is 5.80. The molecule has 0 aromatic carbocycles. The van der Waals surface area contributed by atoms with Gasteiger partial charge in [0.05, 0.1) is 6.54 Å². The van der Waals surface area contributed by atoms with Crippen LogP contribution in [0.15, 0.2) is 30.7 Å². The summed E-state index contributed by atoms with van der Waals surface area (Å²) in [5.41, 5.74) is 0. The van der Waals surface area contributed by atoms with Gasteiger partial charge in [-0.25, -0.2) is 9.97 Å². The van der Waals surface area contributed by atoms with Crippen molar-refractivity contribution < 1.29 is 4.79 Å².